The second-order valence-electron chi connectivity index (χ2n) is 6.12. The van der Waals surface area contributed by atoms with Crippen LogP contribution in [0.3, 0.4) is 0 Å². The Kier molecular flexibility index (Phi) is 3.80. The highest BCUT2D eigenvalue weighted by Crippen LogP contribution is 2.30. The first-order valence-corrected chi connectivity index (χ1v) is 7.60. The zero-order chi connectivity index (χ0) is 15.7. The van der Waals surface area contributed by atoms with Crippen LogP contribution >= 0.6 is 0 Å². The van der Waals surface area contributed by atoms with Crippen molar-refractivity contribution in [3.8, 4) is 0 Å². The lowest BCUT2D eigenvalue weighted by Gasteiger charge is -2.09. The predicted octanol–water partition coefficient (Wildman–Crippen LogP) is 4.47. The number of hydrogen-bond donors (Lipinski definition) is 0. The Labute approximate surface area is 129 Å². The average Bonchev–Trinajstić information content (AvgIpc) is 2.85. The summed E-state index contributed by atoms with van der Waals surface area (Å²) in [5.41, 5.74) is 3.55. The lowest BCUT2D eigenvalue weighted by atomic mass is 10.1. The van der Waals surface area contributed by atoms with Crippen LogP contribution in [-0.4, -0.2) is 17.1 Å². The molecule has 0 amide bonds. The first kappa shape index (κ1) is 14.5. The number of aldehydes is 2. The molecular weight excluding hydrogens is 274 g/mol. The van der Waals surface area contributed by atoms with Gasteiger partial charge in [0, 0.05) is 39.5 Å². The standard InChI is InChI=1S/C19H19NO2/c1-13(2)7-8-20-18-5-3-14(11-21)9-16(18)17-10-15(12-22)4-6-19(17)20/h3-6,9-13H,7-8H2,1-2H3. The second-order valence-corrected chi connectivity index (χ2v) is 6.12. The molecule has 0 spiro atoms. The van der Waals surface area contributed by atoms with Crippen LogP contribution in [0.1, 0.15) is 41.0 Å². The topological polar surface area (TPSA) is 39.1 Å². The maximum atomic E-state index is 11.1. The number of carbonyl (C=O) groups is 2. The first-order chi connectivity index (χ1) is 10.6. The first-order valence-electron chi connectivity index (χ1n) is 7.60. The fourth-order valence-electron chi connectivity index (χ4n) is 2.91. The van der Waals surface area contributed by atoms with Crippen molar-refractivity contribution in [2.24, 2.45) is 5.92 Å². The molecule has 0 saturated carbocycles. The molecular formula is C19H19NO2. The smallest absolute Gasteiger partial charge is 0.150 e. The predicted molar refractivity (Wildman–Crippen MR) is 89.7 cm³/mol. The summed E-state index contributed by atoms with van der Waals surface area (Å²) in [5.74, 6) is 0.621. The molecule has 0 saturated heterocycles. The molecule has 3 nitrogen and oxygen atoms in total. The van der Waals surface area contributed by atoms with Crippen LogP contribution in [0.4, 0.5) is 0 Å². The summed E-state index contributed by atoms with van der Waals surface area (Å²) in [6.07, 6.45) is 2.81. The normalized spacial score (nSPS) is 11.4. The SMILES string of the molecule is CC(C)CCn1c2ccc(C=O)cc2c2cc(C=O)ccc21. The number of aromatic nitrogens is 1. The fraction of sp³-hybridized carbons (Fsp3) is 0.263. The minimum Gasteiger partial charge on any atom is -0.340 e. The van der Waals surface area contributed by atoms with Crippen LogP contribution < -0.4 is 0 Å². The molecule has 22 heavy (non-hydrogen) atoms. The molecule has 3 rings (SSSR count). The van der Waals surface area contributed by atoms with E-state index in [2.05, 4.69) is 18.4 Å². The van der Waals surface area contributed by atoms with Crippen molar-refractivity contribution in [3.05, 3.63) is 47.5 Å². The van der Waals surface area contributed by atoms with Gasteiger partial charge in [0.25, 0.3) is 0 Å². The number of nitrogens with zero attached hydrogens (tertiary/aromatic N) is 1. The van der Waals surface area contributed by atoms with E-state index < -0.39 is 0 Å². The van der Waals surface area contributed by atoms with Gasteiger partial charge in [-0.3, -0.25) is 9.59 Å². The van der Waals surface area contributed by atoms with E-state index in [1.54, 1.807) is 0 Å². The van der Waals surface area contributed by atoms with Gasteiger partial charge in [-0.05, 0) is 48.7 Å². The van der Waals surface area contributed by atoms with Crippen LogP contribution in [0, 0.1) is 5.92 Å². The van der Waals surface area contributed by atoms with E-state index in [1.165, 1.54) is 0 Å². The summed E-state index contributed by atoms with van der Waals surface area (Å²) in [6, 6.07) is 11.5. The van der Waals surface area contributed by atoms with Gasteiger partial charge in [0.15, 0.2) is 0 Å². The molecule has 0 aliphatic heterocycles. The van der Waals surface area contributed by atoms with Gasteiger partial charge in [0.1, 0.15) is 12.6 Å². The zero-order valence-electron chi connectivity index (χ0n) is 12.9. The van der Waals surface area contributed by atoms with Crippen LogP contribution in [0.25, 0.3) is 21.8 Å². The molecule has 0 radical (unpaired) electrons. The van der Waals surface area contributed by atoms with E-state index in [0.717, 1.165) is 47.3 Å². The quantitative estimate of drug-likeness (QED) is 0.651. The minimum atomic E-state index is 0.621. The third-order valence-electron chi connectivity index (χ3n) is 4.12. The van der Waals surface area contributed by atoms with Gasteiger partial charge in [0.2, 0.25) is 0 Å². The van der Waals surface area contributed by atoms with Crippen LogP contribution in [0.5, 0.6) is 0 Å². The number of rotatable bonds is 5. The van der Waals surface area contributed by atoms with Gasteiger partial charge >= 0.3 is 0 Å². The summed E-state index contributed by atoms with van der Waals surface area (Å²) in [4.78, 5) is 22.1. The Balaban J connectivity index is 2.30. The Morgan fingerprint density at radius 1 is 0.909 bits per heavy atom. The fourth-order valence-corrected chi connectivity index (χ4v) is 2.91. The van der Waals surface area contributed by atoms with Crippen molar-refractivity contribution >= 4 is 34.4 Å². The molecule has 0 fully saturated rings. The molecule has 0 aliphatic rings. The number of benzene rings is 2. The highest BCUT2D eigenvalue weighted by atomic mass is 16.1. The Hall–Kier alpha value is -2.42. The third kappa shape index (κ3) is 2.43. The van der Waals surface area contributed by atoms with Gasteiger partial charge in [-0.15, -0.1) is 0 Å². The maximum absolute atomic E-state index is 11.1. The van der Waals surface area contributed by atoms with E-state index in [4.69, 9.17) is 0 Å². The maximum Gasteiger partial charge on any atom is 0.150 e. The van der Waals surface area contributed by atoms with E-state index in [1.807, 2.05) is 36.4 Å². The molecule has 0 unspecified atom stereocenters. The number of fused-ring (bicyclic) bond motifs is 3. The van der Waals surface area contributed by atoms with Crippen molar-refractivity contribution in [1.29, 1.82) is 0 Å². The van der Waals surface area contributed by atoms with Crippen molar-refractivity contribution in [3.63, 3.8) is 0 Å². The Morgan fingerprint density at radius 2 is 1.41 bits per heavy atom. The zero-order valence-corrected chi connectivity index (χ0v) is 12.9. The van der Waals surface area contributed by atoms with Crippen molar-refractivity contribution < 1.29 is 9.59 Å². The highest BCUT2D eigenvalue weighted by Gasteiger charge is 2.12. The van der Waals surface area contributed by atoms with Crippen LogP contribution in [0.15, 0.2) is 36.4 Å². The lowest BCUT2D eigenvalue weighted by molar-refractivity contribution is 0.111. The molecule has 1 heterocycles. The van der Waals surface area contributed by atoms with Gasteiger partial charge in [-0.2, -0.15) is 0 Å². The summed E-state index contributed by atoms with van der Waals surface area (Å²) in [6.45, 7) is 5.35. The summed E-state index contributed by atoms with van der Waals surface area (Å²) in [5, 5.41) is 2.07. The number of hydrogen-bond acceptors (Lipinski definition) is 2. The van der Waals surface area contributed by atoms with E-state index in [0.29, 0.717) is 17.0 Å². The molecule has 112 valence electrons. The van der Waals surface area contributed by atoms with E-state index >= 15 is 0 Å². The largest absolute Gasteiger partial charge is 0.340 e. The average molecular weight is 293 g/mol. The summed E-state index contributed by atoms with van der Waals surface area (Å²) in [7, 11) is 0. The monoisotopic (exact) mass is 293 g/mol. The number of aryl methyl sites for hydroxylation is 1. The third-order valence-corrected chi connectivity index (χ3v) is 4.12. The van der Waals surface area contributed by atoms with Gasteiger partial charge in [-0.1, -0.05) is 13.8 Å². The lowest BCUT2D eigenvalue weighted by Crippen LogP contribution is -2.01. The Bertz CT molecular complexity index is 793. The van der Waals surface area contributed by atoms with Crippen LogP contribution in [-0.2, 0) is 6.54 Å². The molecule has 0 N–H and O–H groups in total. The van der Waals surface area contributed by atoms with E-state index in [-0.39, 0.29) is 0 Å². The number of carbonyl (C=O) groups excluding carboxylic acids is 2. The minimum absolute atomic E-state index is 0.621. The highest BCUT2D eigenvalue weighted by molar-refractivity contribution is 6.10. The Morgan fingerprint density at radius 3 is 1.82 bits per heavy atom. The van der Waals surface area contributed by atoms with Gasteiger partial charge in [-0.25, -0.2) is 0 Å². The van der Waals surface area contributed by atoms with Crippen molar-refractivity contribution in [2.45, 2.75) is 26.8 Å². The van der Waals surface area contributed by atoms with Gasteiger partial charge in [0.05, 0.1) is 0 Å². The summed E-state index contributed by atoms with van der Waals surface area (Å²) < 4.78 is 2.29. The second kappa shape index (κ2) is 5.76. The molecule has 0 aliphatic carbocycles. The van der Waals surface area contributed by atoms with Crippen molar-refractivity contribution in [2.75, 3.05) is 0 Å². The molecule has 0 atom stereocenters. The molecule has 3 heteroatoms. The molecule has 3 aromatic rings. The van der Waals surface area contributed by atoms with Crippen LogP contribution in [0.2, 0.25) is 0 Å². The van der Waals surface area contributed by atoms with Crippen molar-refractivity contribution in [1.82, 2.24) is 4.57 Å². The molecule has 0 bridgehead atoms. The van der Waals surface area contributed by atoms with Gasteiger partial charge < -0.3 is 4.57 Å². The molecule has 1 aromatic heterocycles. The van der Waals surface area contributed by atoms with E-state index in [9.17, 15) is 9.59 Å². The summed E-state index contributed by atoms with van der Waals surface area (Å²) >= 11 is 0. The molecule has 2 aromatic carbocycles.